The molecule has 2 aliphatic heterocycles. The minimum Gasteiger partial charge on any atom is -0.473 e. The summed E-state index contributed by atoms with van der Waals surface area (Å²) in [5.41, 5.74) is 0.945. The van der Waals surface area contributed by atoms with Crippen molar-refractivity contribution in [2.45, 2.75) is 12.8 Å². The molecule has 0 unspecified atom stereocenters. The minimum atomic E-state index is -1.82. The highest BCUT2D eigenvalue weighted by atomic mass is 16.6. The molecule has 11 heteroatoms. The second kappa shape index (κ2) is 12.5. The number of ether oxygens (including phenoxy) is 1. The topological polar surface area (TPSA) is 151 Å². The molecule has 0 aliphatic carbocycles. The Labute approximate surface area is 185 Å². The van der Waals surface area contributed by atoms with Crippen molar-refractivity contribution in [3.05, 3.63) is 46.0 Å². The van der Waals surface area contributed by atoms with Crippen LogP contribution in [-0.4, -0.2) is 88.7 Å². The van der Waals surface area contributed by atoms with E-state index >= 15 is 0 Å². The number of likely N-dealkylation sites (tertiary alicyclic amines) is 1. The number of carboxylic acids is 2. The highest BCUT2D eigenvalue weighted by Gasteiger charge is 2.23. The van der Waals surface area contributed by atoms with E-state index in [0.717, 1.165) is 44.6 Å². The lowest BCUT2D eigenvalue weighted by Gasteiger charge is -2.33. The van der Waals surface area contributed by atoms with Gasteiger partial charge in [0.1, 0.15) is 0 Å². The van der Waals surface area contributed by atoms with Gasteiger partial charge in [-0.3, -0.25) is 19.8 Å². The third kappa shape index (κ3) is 8.44. The first-order valence-corrected chi connectivity index (χ1v) is 10.2. The Hall–Kier alpha value is -3.31. The zero-order valence-electron chi connectivity index (χ0n) is 17.6. The number of nitro groups is 1. The molecule has 0 radical (unpaired) electrons. The van der Waals surface area contributed by atoms with Gasteiger partial charge in [-0.15, -0.1) is 0 Å². The number of nitrogens with zero attached hydrogens (tertiary/aromatic N) is 3. The summed E-state index contributed by atoms with van der Waals surface area (Å²) in [6.07, 6.45) is 5.92. The highest BCUT2D eigenvalue weighted by Crippen LogP contribution is 2.21. The second-order valence-corrected chi connectivity index (χ2v) is 7.43. The molecule has 2 aliphatic rings. The van der Waals surface area contributed by atoms with Crippen LogP contribution in [-0.2, 0) is 19.1 Å². The molecule has 32 heavy (non-hydrogen) atoms. The third-order valence-electron chi connectivity index (χ3n) is 5.18. The zero-order valence-corrected chi connectivity index (χ0v) is 17.6. The van der Waals surface area contributed by atoms with Crippen LogP contribution in [0.3, 0.4) is 0 Å². The maximum Gasteiger partial charge on any atom is 0.414 e. The van der Waals surface area contributed by atoms with E-state index in [-0.39, 0.29) is 16.5 Å². The number of non-ortho nitro benzene ring substituents is 1. The lowest BCUT2D eigenvalue weighted by molar-refractivity contribution is -0.384. The van der Waals surface area contributed by atoms with Gasteiger partial charge in [0.2, 0.25) is 5.91 Å². The fourth-order valence-electron chi connectivity index (χ4n) is 3.38. The molecule has 0 aromatic heterocycles. The molecule has 0 bridgehead atoms. The largest absolute Gasteiger partial charge is 0.473 e. The third-order valence-corrected chi connectivity index (χ3v) is 5.18. The van der Waals surface area contributed by atoms with Crippen LogP contribution in [0.5, 0.6) is 0 Å². The van der Waals surface area contributed by atoms with E-state index in [1.165, 1.54) is 6.07 Å². The van der Waals surface area contributed by atoms with Crippen LogP contribution in [0.25, 0.3) is 6.08 Å². The Bertz CT molecular complexity index is 831. The molecule has 1 aromatic carbocycles. The molecular formula is C21H27N3O8. The molecule has 2 N–H and O–H groups in total. The van der Waals surface area contributed by atoms with E-state index in [1.54, 1.807) is 12.1 Å². The summed E-state index contributed by atoms with van der Waals surface area (Å²) in [4.78, 5) is 45.2. The summed E-state index contributed by atoms with van der Waals surface area (Å²) >= 11 is 0. The van der Waals surface area contributed by atoms with Crippen LogP contribution in [0.4, 0.5) is 5.69 Å². The van der Waals surface area contributed by atoms with Gasteiger partial charge < -0.3 is 19.8 Å². The Balaban J connectivity index is 0.000000534. The fourth-order valence-corrected chi connectivity index (χ4v) is 3.38. The molecule has 1 amide bonds. The number of rotatable bonds is 5. The van der Waals surface area contributed by atoms with Crippen LogP contribution in [0.2, 0.25) is 0 Å². The summed E-state index contributed by atoms with van der Waals surface area (Å²) in [6, 6.07) is 6.64. The molecular weight excluding hydrogens is 422 g/mol. The van der Waals surface area contributed by atoms with Crippen LogP contribution in [0, 0.1) is 16.0 Å². The van der Waals surface area contributed by atoms with Gasteiger partial charge in [-0.25, -0.2) is 9.59 Å². The van der Waals surface area contributed by atoms with Crippen molar-refractivity contribution in [2.24, 2.45) is 5.92 Å². The Morgan fingerprint density at radius 2 is 1.72 bits per heavy atom. The fraction of sp³-hybridized carbons (Fsp3) is 0.476. The Morgan fingerprint density at radius 1 is 1.09 bits per heavy atom. The van der Waals surface area contributed by atoms with E-state index in [2.05, 4.69) is 11.0 Å². The molecule has 0 atom stereocenters. The SMILES string of the molecule is O=C(CN1CCOCC1)N1CCC(/C=C\c2cccc([N+](=O)[O-])c2)CC1.O=C(O)C(=O)O. The maximum absolute atomic E-state index is 12.4. The predicted molar refractivity (Wildman–Crippen MR) is 114 cm³/mol. The molecule has 2 fully saturated rings. The molecule has 2 saturated heterocycles. The van der Waals surface area contributed by atoms with Gasteiger partial charge in [-0.05, 0) is 24.3 Å². The summed E-state index contributed by atoms with van der Waals surface area (Å²) < 4.78 is 5.31. The number of morpholine rings is 1. The number of nitro benzene ring substituents is 1. The number of aliphatic carboxylic acids is 2. The lowest BCUT2D eigenvalue weighted by Crippen LogP contribution is -2.46. The number of carbonyl (C=O) groups is 3. The lowest BCUT2D eigenvalue weighted by atomic mass is 9.95. The number of amides is 1. The number of carbonyl (C=O) groups excluding carboxylic acids is 1. The van der Waals surface area contributed by atoms with Crippen LogP contribution >= 0.6 is 0 Å². The average Bonchev–Trinajstić information content (AvgIpc) is 2.79. The number of piperidine rings is 1. The molecule has 2 heterocycles. The summed E-state index contributed by atoms with van der Waals surface area (Å²) in [6.45, 7) is 5.09. The molecule has 11 nitrogen and oxygen atoms in total. The van der Waals surface area contributed by atoms with Gasteiger partial charge in [0, 0.05) is 38.3 Å². The van der Waals surface area contributed by atoms with Gasteiger partial charge in [0.25, 0.3) is 5.69 Å². The van der Waals surface area contributed by atoms with Crippen molar-refractivity contribution < 1.29 is 34.3 Å². The summed E-state index contributed by atoms with van der Waals surface area (Å²) in [5, 5.41) is 25.6. The first-order valence-electron chi connectivity index (χ1n) is 10.2. The van der Waals surface area contributed by atoms with Crippen molar-refractivity contribution in [3.63, 3.8) is 0 Å². The number of hydrogen-bond donors (Lipinski definition) is 2. The summed E-state index contributed by atoms with van der Waals surface area (Å²) in [5.74, 6) is -3.04. The van der Waals surface area contributed by atoms with Crippen LogP contribution < -0.4 is 0 Å². The zero-order chi connectivity index (χ0) is 23.5. The normalized spacial score (nSPS) is 17.4. The van der Waals surface area contributed by atoms with Crippen LogP contribution in [0.15, 0.2) is 30.3 Å². The van der Waals surface area contributed by atoms with E-state index in [1.807, 2.05) is 17.0 Å². The van der Waals surface area contributed by atoms with Gasteiger partial charge in [0.05, 0.1) is 24.7 Å². The predicted octanol–water partition coefficient (Wildman–Crippen LogP) is 1.33. The monoisotopic (exact) mass is 449 g/mol. The van der Waals surface area contributed by atoms with Crippen molar-refractivity contribution in [1.29, 1.82) is 0 Å². The van der Waals surface area contributed by atoms with Crippen molar-refractivity contribution in [2.75, 3.05) is 45.9 Å². The van der Waals surface area contributed by atoms with Crippen molar-refractivity contribution in [3.8, 4) is 0 Å². The summed E-state index contributed by atoms with van der Waals surface area (Å²) in [7, 11) is 0. The number of allylic oxidation sites excluding steroid dienone is 1. The quantitative estimate of drug-likeness (QED) is 0.385. The molecule has 0 spiro atoms. The van der Waals surface area contributed by atoms with Gasteiger partial charge in [0.15, 0.2) is 0 Å². The molecule has 3 rings (SSSR count). The smallest absolute Gasteiger partial charge is 0.414 e. The average molecular weight is 449 g/mol. The molecule has 174 valence electrons. The van der Waals surface area contributed by atoms with Crippen molar-refractivity contribution in [1.82, 2.24) is 9.80 Å². The Kier molecular flexibility index (Phi) is 9.76. The standard InChI is InChI=1S/C19H25N3O4.C2H2O4/c23-19(15-20-10-12-26-13-11-20)21-8-6-16(7-9-21)4-5-17-2-1-3-18(14-17)22(24)25;3-1(4)2(5)6/h1-5,14,16H,6-13,15H2;(H,3,4)(H,5,6)/b5-4-;. The van der Waals surface area contributed by atoms with Gasteiger partial charge in [-0.1, -0.05) is 24.3 Å². The van der Waals surface area contributed by atoms with E-state index in [9.17, 15) is 14.9 Å². The highest BCUT2D eigenvalue weighted by molar-refractivity contribution is 6.27. The Morgan fingerprint density at radius 3 is 2.28 bits per heavy atom. The van der Waals surface area contributed by atoms with Gasteiger partial charge in [-0.2, -0.15) is 0 Å². The minimum absolute atomic E-state index is 0.107. The number of carboxylic acid groups (broad SMARTS) is 2. The molecule has 0 saturated carbocycles. The second-order valence-electron chi connectivity index (χ2n) is 7.43. The number of hydrogen-bond acceptors (Lipinski definition) is 7. The van der Waals surface area contributed by atoms with E-state index in [0.29, 0.717) is 25.7 Å². The van der Waals surface area contributed by atoms with Crippen molar-refractivity contribution >= 4 is 29.6 Å². The first-order chi connectivity index (χ1) is 15.3. The van der Waals surface area contributed by atoms with Crippen LogP contribution in [0.1, 0.15) is 18.4 Å². The van der Waals surface area contributed by atoms with E-state index < -0.39 is 11.9 Å². The number of benzene rings is 1. The molecule has 1 aromatic rings. The first kappa shape index (κ1) is 25.0. The van der Waals surface area contributed by atoms with E-state index in [4.69, 9.17) is 24.5 Å². The van der Waals surface area contributed by atoms with Gasteiger partial charge >= 0.3 is 11.9 Å². The maximum atomic E-state index is 12.4.